The first-order valence-electron chi connectivity index (χ1n) is 5.41. The third-order valence-corrected chi connectivity index (χ3v) is 2.40. The Bertz CT molecular complexity index is 525. The highest BCUT2D eigenvalue weighted by atomic mass is 16.6. The van der Waals surface area contributed by atoms with E-state index in [4.69, 9.17) is 16.1 Å². The second-order valence-corrected chi connectivity index (χ2v) is 3.66. The van der Waals surface area contributed by atoms with Crippen molar-refractivity contribution in [2.45, 2.75) is 13.8 Å². The van der Waals surface area contributed by atoms with E-state index in [0.29, 0.717) is 11.4 Å². The lowest BCUT2D eigenvalue weighted by Crippen LogP contribution is -2.14. The van der Waals surface area contributed by atoms with E-state index in [-0.39, 0.29) is 0 Å². The van der Waals surface area contributed by atoms with Gasteiger partial charge in [0.05, 0.1) is 0 Å². The first kappa shape index (κ1) is 13.8. The molecule has 1 rings (SSSR count). The highest BCUT2D eigenvalue weighted by Gasteiger charge is 2.12. The van der Waals surface area contributed by atoms with Crippen molar-refractivity contribution in [1.82, 2.24) is 0 Å². The second-order valence-electron chi connectivity index (χ2n) is 3.66. The summed E-state index contributed by atoms with van der Waals surface area (Å²) in [6.45, 7) is 3.76. The Hall–Kier alpha value is -2.28. The molecule has 0 radical (unpaired) electrons. The monoisotopic (exact) mass is 244 g/mol. The molecule has 18 heavy (non-hydrogen) atoms. The molecule has 0 saturated carbocycles. The van der Waals surface area contributed by atoms with Gasteiger partial charge in [-0.15, -0.1) is 6.42 Å². The summed E-state index contributed by atoms with van der Waals surface area (Å²) in [7, 11) is 2.98. The summed E-state index contributed by atoms with van der Waals surface area (Å²) in [5, 5.41) is 7.85. The molecule has 0 fully saturated rings. The average molecular weight is 244 g/mol. The lowest BCUT2D eigenvalue weighted by Gasteiger charge is -2.08. The summed E-state index contributed by atoms with van der Waals surface area (Å²) >= 11 is 0. The summed E-state index contributed by atoms with van der Waals surface area (Å²) in [5.74, 6) is 2.59. The molecule has 1 aromatic rings. The molecule has 0 heterocycles. The van der Waals surface area contributed by atoms with Gasteiger partial charge in [0.2, 0.25) is 0 Å². The molecule has 0 unspecified atom stereocenters. The van der Waals surface area contributed by atoms with Gasteiger partial charge in [0.25, 0.3) is 0 Å². The third kappa shape index (κ3) is 3.11. The predicted octanol–water partition coefficient (Wildman–Crippen LogP) is 2.35. The highest BCUT2D eigenvalue weighted by molar-refractivity contribution is 6.47. The number of terminal acetylenes is 1. The van der Waals surface area contributed by atoms with Crippen LogP contribution in [0.3, 0.4) is 0 Å². The van der Waals surface area contributed by atoms with Gasteiger partial charge in [0.15, 0.2) is 0 Å². The van der Waals surface area contributed by atoms with Crippen molar-refractivity contribution in [2.24, 2.45) is 10.3 Å². The van der Waals surface area contributed by atoms with Crippen LogP contribution in [0.4, 0.5) is 0 Å². The summed E-state index contributed by atoms with van der Waals surface area (Å²) in [4.78, 5) is 9.61. The maximum Gasteiger partial charge on any atom is 0.134 e. The molecule has 0 bridgehead atoms. The summed E-state index contributed by atoms with van der Waals surface area (Å²) in [6, 6.07) is 5.67. The fourth-order valence-corrected chi connectivity index (χ4v) is 1.60. The van der Waals surface area contributed by atoms with Crippen molar-refractivity contribution >= 4 is 11.4 Å². The zero-order chi connectivity index (χ0) is 13.5. The third-order valence-electron chi connectivity index (χ3n) is 2.40. The molecule has 1 aromatic carbocycles. The molecule has 0 atom stereocenters. The number of hydrogen-bond donors (Lipinski definition) is 0. The van der Waals surface area contributed by atoms with E-state index in [1.54, 1.807) is 6.92 Å². The minimum Gasteiger partial charge on any atom is -0.399 e. The van der Waals surface area contributed by atoms with Gasteiger partial charge in [-0.05, 0) is 31.5 Å². The highest BCUT2D eigenvalue weighted by Crippen LogP contribution is 2.13. The quantitative estimate of drug-likeness (QED) is 0.463. The fourth-order valence-electron chi connectivity index (χ4n) is 1.60. The zero-order valence-corrected chi connectivity index (χ0v) is 11.0. The molecule has 0 saturated heterocycles. The number of benzene rings is 1. The van der Waals surface area contributed by atoms with Crippen LogP contribution in [0.25, 0.3) is 0 Å². The minimum absolute atomic E-state index is 0.625. The average Bonchev–Trinajstić information content (AvgIpc) is 2.36. The van der Waals surface area contributed by atoms with E-state index in [0.717, 1.165) is 16.7 Å². The summed E-state index contributed by atoms with van der Waals surface area (Å²) in [5.41, 5.74) is 4.01. The maximum absolute atomic E-state index is 5.36. The summed E-state index contributed by atoms with van der Waals surface area (Å²) in [6.07, 6.45) is 5.36. The Balaban J connectivity index is 3.28. The van der Waals surface area contributed by atoms with Gasteiger partial charge in [-0.2, -0.15) is 0 Å². The standard InChI is InChI=1S/C14H16N2O2/c1-6-12-7-8-13(10(2)9-12)14(16-18-5)11(3)15-17-4/h1,7-9H,2-5H3. The van der Waals surface area contributed by atoms with Gasteiger partial charge < -0.3 is 9.68 Å². The summed E-state index contributed by atoms with van der Waals surface area (Å²) < 4.78 is 0. The lowest BCUT2D eigenvalue weighted by molar-refractivity contribution is 0.210. The van der Waals surface area contributed by atoms with Crippen LogP contribution in [0.1, 0.15) is 23.6 Å². The molecule has 4 heteroatoms. The van der Waals surface area contributed by atoms with Crippen LogP contribution in [0.2, 0.25) is 0 Å². The zero-order valence-electron chi connectivity index (χ0n) is 11.0. The van der Waals surface area contributed by atoms with Crippen LogP contribution in [-0.4, -0.2) is 25.6 Å². The largest absolute Gasteiger partial charge is 0.399 e. The van der Waals surface area contributed by atoms with Gasteiger partial charge in [0, 0.05) is 11.1 Å². The van der Waals surface area contributed by atoms with Gasteiger partial charge in [-0.3, -0.25) is 0 Å². The maximum atomic E-state index is 5.36. The molecule has 4 nitrogen and oxygen atoms in total. The Morgan fingerprint density at radius 1 is 1.22 bits per heavy atom. The minimum atomic E-state index is 0.625. The van der Waals surface area contributed by atoms with Crippen molar-refractivity contribution in [1.29, 1.82) is 0 Å². The molecule has 0 spiro atoms. The Morgan fingerprint density at radius 3 is 2.39 bits per heavy atom. The van der Waals surface area contributed by atoms with Gasteiger partial charge >= 0.3 is 0 Å². The van der Waals surface area contributed by atoms with E-state index in [2.05, 4.69) is 16.2 Å². The van der Waals surface area contributed by atoms with Crippen LogP contribution in [0.5, 0.6) is 0 Å². The number of oxime groups is 2. The Morgan fingerprint density at radius 2 is 1.89 bits per heavy atom. The molecule has 94 valence electrons. The van der Waals surface area contributed by atoms with Crippen molar-refractivity contribution in [3.63, 3.8) is 0 Å². The normalized spacial score (nSPS) is 11.9. The van der Waals surface area contributed by atoms with Crippen LogP contribution < -0.4 is 0 Å². The molecule has 0 aromatic heterocycles. The van der Waals surface area contributed by atoms with E-state index in [1.807, 2.05) is 25.1 Å². The van der Waals surface area contributed by atoms with Gasteiger partial charge in [-0.1, -0.05) is 22.3 Å². The van der Waals surface area contributed by atoms with Crippen LogP contribution in [0, 0.1) is 19.3 Å². The van der Waals surface area contributed by atoms with Gasteiger partial charge in [0.1, 0.15) is 25.6 Å². The van der Waals surface area contributed by atoms with Crippen molar-refractivity contribution < 1.29 is 9.68 Å². The number of hydrogen-bond acceptors (Lipinski definition) is 4. The van der Waals surface area contributed by atoms with Crippen LogP contribution in [0.15, 0.2) is 28.5 Å². The molecule has 0 N–H and O–H groups in total. The number of nitrogens with zero attached hydrogens (tertiary/aromatic N) is 2. The van der Waals surface area contributed by atoms with E-state index in [1.165, 1.54) is 14.2 Å². The molecule has 0 aliphatic carbocycles. The molecule has 0 aliphatic rings. The van der Waals surface area contributed by atoms with Crippen LogP contribution >= 0.6 is 0 Å². The van der Waals surface area contributed by atoms with E-state index >= 15 is 0 Å². The first-order valence-corrected chi connectivity index (χ1v) is 5.41. The smallest absolute Gasteiger partial charge is 0.134 e. The predicted molar refractivity (Wildman–Crippen MR) is 72.8 cm³/mol. The SMILES string of the molecule is C#Cc1ccc(C(=NOC)C(C)=NOC)c(C)c1. The lowest BCUT2D eigenvalue weighted by atomic mass is 9.99. The first-order chi connectivity index (χ1) is 8.63. The van der Waals surface area contributed by atoms with E-state index in [9.17, 15) is 0 Å². The molecular weight excluding hydrogens is 228 g/mol. The Labute approximate surface area is 107 Å². The van der Waals surface area contributed by atoms with Crippen molar-refractivity contribution in [2.75, 3.05) is 14.2 Å². The fraction of sp³-hybridized carbons (Fsp3) is 0.286. The second kappa shape index (κ2) is 6.45. The molecule has 0 amide bonds. The van der Waals surface area contributed by atoms with Crippen molar-refractivity contribution in [3.05, 3.63) is 34.9 Å². The van der Waals surface area contributed by atoms with Gasteiger partial charge in [-0.25, -0.2) is 0 Å². The number of rotatable bonds is 4. The van der Waals surface area contributed by atoms with E-state index < -0.39 is 0 Å². The number of aryl methyl sites for hydroxylation is 1. The topological polar surface area (TPSA) is 43.2 Å². The molecule has 0 aliphatic heterocycles. The van der Waals surface area contributed by atoms with Crippen LogP contribution in [-0.2, 0) is 9.68 Å². The Kier molecular flexibility index (Phi) is 4.94. The van der Waals surface area contributed by atoms with Crippen molar-refractivity contribution in [3.8, 4) is 12.3 Å². The molecular formula is C14H16N2O2.